The van der Waals surface area contributed by atoms with E-state index in [4.69, 9.17) is 34.8 Å². The van der Waals surface area contributed by atoms with Crippen LogP contribution in [0.2, 0.25) is 15.1 Å². The van der Waals surface area contributed by atoms with E-state index in [2.05, 4.69) is 4.98 Å². The lowest BCUT2D eigenvalue weighted by Crippen LogP contribution is -2.10. The van der Waals surface area contributed by atoms with Crippen LogP contribution in [0.3, 0.4) is 0 Å². The maximum Gasteiger partial charge on any atom is 0.258 e. The SMILES string of the molecule is O=Cc1cc(-c2cc(Cl)cc(Cl)c2Cl)c[nH]c1=O. The van der Waals surface area contributed by atoms with Gasteiger partial charge in [-0.05, 0) is 18.2 Å². The van der Waals surface area contributed by atoms with Gasteiger partial charge in [-0.15, -0.1) is 0 Å². The molecule has 18 heavy (non-hydrogen) atoms. The second-order valence-corrected chi connectivity index (χ2v) is 4.76. The highest BCUT2D eigenvalue weighted by molar-refractivity contribution is 6.45. The van der Waals surface area contributed by atoms with Crippen molar-refractivity contribution in [3.63, 3.8) is 0 Å². The van der Waals surface area contributed by atoms with Crippen LogP contribution in [0.1, 0.15) is 10.4 Å². The fourth-order valence-electron chi connectivity index (χ4n) is 1.51. The monoisotopic (exact) mass is 301 g/mol. The van der Waals surface area contributed by atoms with Gasteiger partial charge in [0.1, 0.15) is 0 Å². The summed E-state index contributed by atoms with van der Waals surface area (Å²) in [7, 11) is 0. The van der Waals surface area contributed by atoms with Gasteiger partial charge in [-0.1, -0.05) is 34.8 Å². The highest BCUT2D eigenvalue weighted by Crippen LogP contribution is 2.36. The molecule has 2 aromatic rings. The summed E-state index contributed by atoms with van der Waals surface area (Å²) in [5.74, 6) is 0. The van der Waals surface area contributed by atoms with E-state index in [9.17, 15) is 9.59 Å². The number of aromatic nitrogens is 1. The number of pyridine rings is 1. The molecule has 1 N–H and O–H groups in total. The first-order chi connectivity index (χ1) is 8.52. The van der Waals surface area contributed by atoms with Crippen molar-refractivity contribution in [2.75, 3.05) is 0 Å². The van der Waals surface area contributed by atoms with Crippen molar-refractivity contribution >= 4 is 41.1 Å². The topological polar surface area (TPSA) is 49.9 Å². The Morgan fingerprint density at radius 3 is 2.50 bits per heavy atom. The first kappa shape index (κ1) is 13.1. The number of aldehydes is 1. The lowest BCUT2D eigenvalue weighted by atomic mass is 10.1. The molecule has 0 amide bonds. The van der Waals surface area contributed by atoms with Gasteiger partial charge in [0.05, 0.1) is 15.6 Å². The number of nitrogens with one attached hydrogen (secondary N) is 1. The van der Waals surface area contributed by atoms with Crippen molar-refractivity contribution in [1.82, 2.24) is 4.98 Å². The third-order valence-corrected chi connectivity index (χ3v) is 3.38. The summed E-state index contributed by atoms with van der Waals surface area (Å²) >= 11 is 17.9. The standard InChI is InChI=1S/C12H6Cl3NO2/c13-8-2-9(11(15)10(14)3-8)6-1-7(5-17)12(18)16-4-6/h1-5H,(H,16,18). The molecular weight excluding hydrogens is 296 g/mol. The molecule has 1 heterocycles. The van der Waals surface area contributed by atoms with E-state index in [1.165, 1.54) is 18.3 Å². The van der Waals surface area contributed by atoms with Crippen molar-refractivity contribution in [2.24, 2.45) is 0 Å². The zero-order valence-corrected chi connectivity index (χ0v) is 11.1. The van der Waals surface area contributed by atoms with Gasteiger partial charge < -0.3 is 4.98 Å². The van der Waals surface area contributed by atoms with Crippen LogP contribution in [-0.4, -0.2) is 11.3 Å². The zero-order chi connectivity index (χ0) is 13.3. The van der Waals surface area contributed by atoms with Gasteiger partial charge >= 0.3 is 0 Å². The lowest BCUT2D eigenvalue weighted by molar-refractivity contribution is 0.112. The third-order valence-electron chi connectivity index (χ3n) is 2.36. The Labute approximate surface area is 117 Å². The summed E-state index contributed by atoms with van der Waals surface area (Å²) < 4.78 is 0. The molecule has 0 radical (unpaired) electrons. The van der Waals surface area contributed by atoms with E-state index in [0.29, 0.717) is 32.5 Å². The molecule has 0 fully saturated rings. The van der Waals surface area contributed by atoms with Gasteiger partial charge in [0.2, 0.25) is 0 Å². The van der Waals surface area contributed by atoms with E-state index in [-0.39, 0.29) is 5.56 Å². The van der Waals surface area contributed by atoms with Gasteiger partial charge in [0.25, 0.3) is 5.56 Å². The minimum absolute atomic E-state index is 0.0136. The Balaban J connectivity index is 2.69. The lowest BCUT2D eigenvalue weighted by Gasteiger charge is -2.07. The van der Waals surface area contributed by atoms with Crippen LogP contribution < -0.4 is 5.56 Å². The minimum atomic E-state index is -0.460. The summed E-state index contributed by atoms with van der Waals surface area (Å²) in [6.45, 7) is 0. The van der Waals surface area contributed by atoms with Crippen molar-refractivity contribution in [3.05, 3.63) is 55.4 Å². The van der Waals surface area contributed by atoms with Crippen LogP contribution in [0.25, 0.3) is 11.1 Å². The molecule has 3 nitrogen and oxygen atoms in total. The predicted octanol–water partition coefficient (Wildman–Crippen LogP) is 3.81. The highest BCUT2D eigenvalue weighted by Gasteiger charge is 2.11. The number of hydrogen-bond donors (Lipinski definition) is 1. The van der Waals surface area contributed by atoms with Gasteiger partial charge in [0.15, 0.2) is 6.29 Å². The number of carbonyl (C=O) groups is 1. The van der Waals surface area contributed by atoms with Crippen LogP contribution in [0.4, 0.5) is 0 Å². The second-order valence-electron chi connectivity index (χ2n) is 3.54. The summed E-state index contributed by atoms with van der Waals surface area (Å²) in [4.78, 5) is 24.5. The summed E-state index contributed by atoms with van der Waals surface area (Å²) in [5.41, 5.74) is 0.664. The van der Waals surface area contributed by atoms with E-state index in [0.717, 1.165) is 0 Å². The van der Waals surface area contributed by atoms with E-state index < -0.39 is 5.56 Å². The molecule has 6 heteroatoms. The second kappa shape index (κ2) is 5.14. The first-order valence-electron chi connectivity index (χ1n) is 4.85. The average Bonchev–Trinajstić information content (AvgIpc) is 2.34. The fraction of sp³-hybridized carbons (Fsp3) is 0. The molecule has 0 unspecified atom stereocenters. The molecule has 1 aromatic carbocycles. The molecule has 0 spiro atoms. The Bertz CT molecular complexity index is 680. The molecule has 0 aliphatic rings. The normalized spacial score (nSPS) is 10.4. The van der Waals surface area contributed by atoms with Crippen molar-refractivity contribution in [3.8, 4) is 11.1 Å². The molecule has 0 aliphatic carbocycles. The number of aromatic amines is 1. The van der Waals surface area contributed by atoms with Gasteiger partial charge in [-0.25, -0.2) is 0 Å². The van der Waals surface area contributed by atoms with Crippen LogP contribution >= 0.6 is 34.8 Å². The number of benzene rings is 1. The molecule has 92 valence electrons. The van der Waals surface area contributed by atoms with Crippen LogP contribution in [0, 0.1) is 0 Å². The first-order valence-corrected chi connectivity index (χ1v) is 5.99. The molecule has 0 saturated heterocycles. The number of hydrogen-bond acceptors (Lipinski definition) is 2. The zero-order valence-electron chi connectivity index (χ0n) is 8.84. The molecule has 0 bridgehead atoms. The number of carbonyl (C=O) groups excluding carboxylic acids is 1. The van der Waals surface area contributed by atoms with Crippen LogP contribution in [-0.2, 0) is 0 Å². The van der Waals surface area contributed by atoms with E-state index in [1.54, 1.807) is 6.07 Å². The number of halogens is 3. The molecule has 2 rings (SSSR count). The smallest absolute Gasteiger partial charge is 0.258 e. The minimum Gasteiger partial charge on any atom is -0.328 e. The van der Waals surface area contributed by atoms with Crippen LogP contribution in [0.15, 0.2) is 29.2 Å². The third kappa shape index (κ3) is 2.43. The van der Waals surface area contributed by atoms with E-state index >= 15 is 0 Å². The van der Waals surface area contributed by atoms with Crippen LogP contribution in [0.5, 0.6) is 0 Å². The summed E-state index contributed by atoms with van der Waals surface area (Å²) in [6, 6.07) is 4.55. The molecule has 0 saturated carbocycles. The largest absolute Gasteiger partial charge is 0.328 e. The maximum atomic E-state index is 11.3. The Morgan fingerprint density at radius 2 is 1.83 bits per heavy atom. The summed E-state index contributed by atoms with van der Waals surface area (Å²) in [5, 5.41) is 1.03. The van der Waals surface area contributed by atoms with E-state index in [1.807, 2.05) is 0 Å². The van der Waals surface area contributed by atoms with Gasteiger partial charge in [-0.3, -0.25) is 9.59 Å². The fourth-order valence-corrected chi connectivity index (χ4v) is 2.22. The molecule has 0 aliphatic heterocycles. The Morgan fingerprint density at radius 1 is 1.11 bits per heavy atom. The molecule has 0 atom stereocenters. The Kier molecular flexibility index (Phi) is 3.76. The van der Waals surface area contributed by atoms with Gasteiger partial charge in [0, 0.05) is 22.3 Å². The van der Waals surface area contributed by atoms with Crippen molar-refractivity contribution < 1.29 is 4.79 Å². The molecular formula is C12H6Cl3NO2. The predicted molar refractivity (Wildman–Crippen MR) is 72.9 cm³/mol. The quantitative estimate of drug-likeness (QED) is 0.677. The molecule has 1 aromatic heterocycles. The van der Waals surface area contributed by atoms with Crippen molar-refractivity contribution in [1.29, 1.82) is 0 Å². The highest BCUT2D eigenvalue weighted by atomic mass is 35.5. The number of rotatable bonds is 2. The van der Waals surface area contributed by atoms with Crippen molar-refractivity contribution in [2.45, 2.75) is 0 Å². The maximum absolute atomic E-state index is 11.3. The van der Waals surface area contributed by atoms with Gasteiger partial charge in [-0.2, -0.15) is 0 Å². The Hall–Kier alpha value is -1.29. The average molecular weight is 303 g/mol. The summed E-state index contributed by atoms with van der Waals surface area (Å²) in [6.07, 6.45) is 1.92. The number of H-pyrrole nitrogens is 1.